The molecule has 0 aromatic carbocycles. The molecular formula is C12H24N2. The van der Waals surface area contributed by atoms with Crippen molar-refractivity contribution in [2.24, 2.45) is 0 Å². The summed E-state index contributed by atoms with van der Waals surface area (Å²) in [5.74, 6) is 0. The van der Waals surface area contributed by atoms with Crippen molar-refractivity contribution in [3.63, 3.8) is 0 Å². The van der Waals surface area contributed by atoms with E-state index < -0.39 is 0 Å². The molecule has 2 heteroatoms. The van der Waals surface area contributed by atoms with Crippen LogP contribution in [-0.4, -0.2) is 24.2 Å². The fraction of sp³-hybridized carbons (Fsp3) is 1.00. The summed E-state index contributed by atoms with van der Waals surface area (Å²) in [6, 6.07) is 1.51. The Labute approximate surface area is 87.8 Å². The van der Waals surface area contributed by atoms with Gasteiger partial charge in [-0.1, -0.05) is 26.7 Å². The Balaban J connectivity index is 2.01. The van der Waals surface area contributed by atoms with Gasteiger partial charge in [0.25, 0.3) is 0 Å². The van der Waals surface area contributed by atoms with E-state index in [1.165, 1.54) is 45.1 Å². The maximum absolute atomic E-state index is 3.91. The van der Waals surface area contributed by atoms with Crippen LogP contribution < -0.4 is 10.6 Å². The van der Waals surface area contributed by atoms with Crippen LogP contribution in [0.5, 0.6) is 0 Å². The van der Waals surface area contributed by atoms with Gasteiger partial charge in [-0.15, -0.1) is 0 Å². The molecule has 2 rings (SSSR count). The maximum Gasteiger partial charge on any atom is 0.0304 e. The van der Waals surface area contributed by atoms with E-state index in [-0.39, 0.29) is 0 Å². The Morgan fingerprint density at radius 1 is 1.07 bits per heavy atom. The molecule has 14 heavy (non-hydrogen) atoms. The number of piperazine rings is 1. The second-order valence-corrected chi connectivity index (χ2v) is 5.01. The summed E-state index contributed by atoms with van der Waals surface area (Å²) < 4.78 is 0. The number of hydrogen-bond acceptors (Lipinski definition) is 2. The lowest BCUT2D eigenvalue weighted by Crippen LogP contribution is -2.68. The van der Waals surface area contributed by atoms with Crippen LogP contribution in [0.15, 0.2) is 0 Å². The van der Waals surface area contributed by atoms with Crippen molar-refractivity contribution < 1.29 is 0 Å². The minimum absolute atomic E-state index is 0.387. The first kappa shape index (κ1) is 10.4. The fourth-order valence-electron chi connectivity index (χ4n) is 3.02. The summed E-state index contributed by atoms with van der Waals surface area (Å²) >= 11 is 0. The van der Waals surface area contributed by atoms with Crippen molar-refractivity contribution in [3.8, 4) is 0 Å². The first-order chi connectivity index (χ1) is 6.79. The van der Waals surface area contributed by atoms with E-state index in [1.54, 1.807) is 0 Å². The summed E-state index contributed by atoms with van der Waals surface area (Å²) in [4.78, 5) is 0. The van der Waals surface area contributed by atoms with Crippen LogP contribution in [-0.2, 0) is 0 Å². The molecule has 1 saturated carbocycles. The second kappa shape index (κ2) is 4.19. The van der Waals surface area contributed by atoms with E-state index in [0.717, 1.165) is 12.1 Å². The molecular weight excluding hydrogens is 172 g/mol. The van der Waals surface area contributed by atoms with Gasteiger partial charge in [0.2, 0.25) is 0 Å². The van der Waals surface area contributed by atoms with Crippen molar-refractivity contribution >= 4 is 0 Å². The van der Waals surface area contributed by atoms with E-state index in [9.17, 15) is 0 Å². The standard InChI is InChI=1S/C12H24N2/c1-3-12(4-2)9-13-10-7-5-6-8-11(10)14-12/h10-11,13-14H,3-9H2,1-2H3/t10-,11-/m0/s1. The molecule has 1 saturated heterocycles. The van der Waals surface area contributed by atoms with Gasteiger partial charge in [0.05, 0.1) is 0 Å². The van der Waals surface area contributed by atoms with E-state index in [1.807, 2.05) is 0 Å². The number of rotatable bonds is 2. The van der Waals surface area contributed by atoms with E-state index >= 15 is 0 Å². The zero-order valence-corrected chi connectivity index (χ0v) is 9.60. The predicted octanol–water partition coefficient (Wildman–Crippen LogP) is 2.05. The van der Waals surface area contributed by atoms with Gasteiger partial charge in [0.15, 0.2) is 0 Å². The number of hydrogen-bond donors (Lipinski definition) is 2. The van der Waals surface area contributed by atoms with Crippen molar-refractivity contribution in [2.75, 3.05) is 6.54 Å². The molecule has 0 bridgehead atoms. The highest BCUT2D eigenvalue weighted by Crippen LogP contribution is 2.27. The quantitative estimate of drug-likeness (QED) is 0.706. The van der Waals surface area contributed by atoms with Gasteiger partial charge in [-0.2, -0.15) is 0 Å². The molecule has 82 valence electrons. The van der Waals surface area contributed by atoms with Crippen LogP contribution in [0.4, 0.5) is 0 Å². The van der Waals surface area contributed by atoms with Gasteiger partial charge < -0.3 is 10.6 Å². The highest BCUT2D eigenvalue weighted by Gasteiger charge is 2.38. The molecule has 2 fully saturated rings. The van der Waals surface area contributed by atoms with Gasteiger partial charge in [0.1, 0.15) is 0 Å². The van der Waals surface area contributed by atoms with Gasteiger partial charge in [-0.3, -0.25) is 0 Å². The van der Waals surface area contributed by atoms with E-state index in [0.29, 0.717) is 5.54 Å². The molecule has 0 aromatic heterocycles. The molecule has 0 unspecified atom stereocenters. The third kappa shape index (κ3) is 1.82. The third-order valence-electron chi connectivity index (χ3n) is 4.31. The maximum atomic E-state index is 3.91. The summed E-state index contributed by atoms with van der Waals surface area (Å²) in [5.41, 5.74) is 0.387. The lowest BCUT2D eigenvalue weighted by molar-refractivity contribution is 0.138. The highest BCUT2D eigenvalue weighted by molar-refractivity contribution is 5.01. The minimum Gasteiger partial charge on any atom is -0.311 e. The SMILES string of the molecule is CCC1(CC)CN[C@H]2CCCC[C@@H]2N1. The Morgan fingerprint density at radius 2 is 1.71 bits per heavy atom. The summed E-state index contributed by atoms with van der Waals surface area (Å²) in [5, 5.41) is 7.66. The molecule has 1 heterocycles. The Morgan fingerprint density at radius 3 is 2.36 bits per heavy atom. The average Bonchev–Trinajstić information content (AvgIpc) is 2.28. The van der Waals surface area contributed by atoms with Crippen LogP contribution in [0.1, 0.15) is 52.4 Å². The molecule has 1 aliphatic heterocycles. The molecule has 0 aromatic rings. The summed E-state index contributed by atoms with van der Waals surface area (Å²) in [7, 11) is 0. The molecule has 2 aliphatic rings. The molecule has 1 aliphatic carbocycles. The predicted molar refractivity (Wildman–Crippen MR) is 60.5 cm³/mol. The zero-order chi connectivity index (χ0) is 10.0. The smallest absolute Gasteiger partial charge is 0.0304 e. The largest absolute Gasteiger partial charge is 0.311 e. The monoisotopic (exact) mass is 196 g/mol. The lowest BCUT2D eigenvalue weighted by atomic mass is 9.81. The Hall–Kier alpha value is -0.0800. The molecule has 2 N–H and O–H groups in total. The number of fused-ring (bicyclic) bond motifs is 1. The first-order valence-corrected chi connectivity index (χ1v) is 6.31. The van der Waals surface area contributed by atoms with Gasteiger partial charge in [-0.25, -0.2) is 0 Å². The average molecular weight is 196 g/mol. The molecule has 0 radical (unpaired) electrons. The van der Waals surface area contributed by atoms with Crippen LogP contribution in [0, 0.1) is 0 Å². The Kier molecular flexibility index (Phi) is 3.13. The van der Waals surface area contributed by atoms with Crippen molar-refractivity contribution in [1.29, 1.82) is 0 Å². The van der Waals surface area contributed by atoms with Crippen LogP contribution in [0.25, 0.3) is 0 Å². The Bertz CT molecular complexity index is 187. The van der Waals surface area contributed by atoms with Crippen LogP contribution >= 0.6 is 0 Å². The molecule has 2 atom stereocenters. The highest BCUT2D eigenvalue weighted by atomic mass is 15.2. The van der Waals surface area contributed by atoms with Gasteiger partial charge in [0, 0.05) is 24.2 Å². The molecule has 2 nitrogen and oxygen atoms in total. The van der Waals surface area contributed by atoms with Gasteiger partial charge in [-0.05, 0) is 25.7 Å². The van der Waals surface area contributed by atoms with Gasteiger partial charge >= 0.3 is 0 Å². The normalized spacial score (nSPS) is 36.4. The van der Waals surface area contributed by atoms with Crippen molar-refractivity contribution in [2.45, 2.75) is 70.0 Å². The summed E-state index contributed by atoms with van der Waals surface area (Å²) in [6.45, 7) is 5.78. The van der Waals surface area contributed by atoms with Crippen LogP contribution in [0.2, 0.25) is 0 Å². The lowest BCUT2D eigenvalue weighted by Gasteiger charge is -2.48. The second-order valence-electron chi connectivity index (χ2n) is 5.01. The van der Waals surface area contributed by atoms with Crippen LogP contribution in [0.3, 0.4) is 0 Å². The van der Waals surface area contributed by atoms with Crippen molar-refractivity contribution in [3.05, 3.63) is 0 Å². The van der Waals surface area contributed by atoms with Crippen molar-refractivity contribution in [1.82, 2.24) is 10.6 Å². The topological polar surface area (TPSA) is 24.1 Å². The molecule has 0 spiro atoms. The molecule has 0 amide bonds. The minimum atomic E-state index is 0.387. The van der Waals surface area contributed by atoms with E-state index in [4.69, 9.17) is 0 Å². The number of nitrogens with one attached hydrogen (secondary N) is 2. The zero-order valence-electron chi connectivity index (χ0n) is 9.60. The third-order valence-corrected chi connectivity index (χ3v) is 4.31. The summed E-state index contributed by atoms with van der Waals surface area (Å²) in [6.07, 6.45) is 8.08. The first-order valence-electron chi connectivity index (χ1n) is 6.31. The van der Waals surface area contributed by atoms with E-state index in [2.05, 4.69) is 24.5 Å². The fourth-order valence-corrected chi connectivity index (χ4v) is 3.02.